The van der Waals surface area contributed by atoms with Crippen molar-refractivity contribution in [1.82, 2.24) is 0 Å². The number of nitrogens with zero attached hydrogens (tertiary/aromatic N) is 1. The highest BCUT2D eigenvalue weighted by Crippen LogP contribution is 2.48. The number of aryl methyl sites for hydroxylation is 1. The molecule has 0 saturated heterocycles. The van der Waals surface area contributed by atoms with E-state index in [1.807, 2.05) is 17.5 Å². The highest BCUT2D eigenvalue weighted by atomic mass is 32.1. The molecule has 0 fully saturated rings. The quantitative estimate of drug-likeness (QED) is 0.624. The summed E-state index contributed by atoms with van der Waals surface area (Å²) < 4.78 is 9.86. The number of thiophene rings is 3. The minimum atomic E-state index is -0.591. The second-order valence-electron chi connectivity index (χ2n) is 5.36. The van der Waals surface area contributed by atoms with E-state index in [1.165, 1.54) is 36.9 Å². The minimum Gasteiger partial charge on any atom is -0.465 e. The second kappa shape index (κ2) is 7.52. The predicted octanol–water partition coefficient (Wildman–Crippen LogP) is 4.54. The van der Waals surface area contributed by atoms with E-state index in [4.69, 9.17) is 15.2 Å². The smallest absolute Gasteiger partial charge is 0.341 e. The number of methoxy groups -OCH3 is 2. The van der Waals surface area contributed by atoms with Crippen molar-refractivity contribution in [2.45, 2.75) is 6.92 Å². The summed E-state index contributed by atoms with van der Waals surface area (Å²) in [5.74, 6) is -1.17. The van der Waals surface area contributed by atoms with Crippen molar-refractivity contribution in [2.75, 3.05) is 20.0 Å². The summed E-state index contributed by atoms with van der Waals surface area (Å²) in [6.45, 7) is 1.81. The Hall–Kier alpha value is -2.67. The number of ether oxygens (including phenoxy) is 2. The number of anilines is 1. The van der Waals surface area contributed by atoms with Crippen LogP contribution in [0.2, 0.25) is 0 Å². The van der Waals surface area contributed by atoms with E-state index in [2.05, 4.69) is 6.07 Å². The van der Waals surface area contributed by atoms with Crippen molar-refractivity contribution in [3.63, 3.8) is 0 Å². The van der Waals surface area contributed by atoms with Gasteiger partial charge in [-0.25, -0.2) is 9.59 Å². The van der Waals surface area contributed by atoms with Crippen LogP contribution in [-0.4, -0.2) is 26.2 Å². The first-order chi connectivity index (χ1) is 12.9. The number of carbonyl (C=O) groups excluding carboxylic acids is 2. The Kier molecular flexibility index (Phi) is 5.32. The monoisotopic (exact) mass is 418 g/mol. The third-order valence-corrected chi connectivity index (χ3v) is 6.83. The topological polar surface area (TPSA) is 102 Å². The molecule has 2 N–H and O–H groups in total. The molecule has 0 aliphatic carbocycles. The Morgan fingerprint density at radius 2 is 1.78 bits per heavy atom. The summed E-state index contributed by atoms with van der Waals surface area (Å²) in [6, 6.07) is 5.83. The van der Waals surface area contributed by atoms with E-state index < -0.39 is 11.9 Å². The number of esters is 2. The maximum atomic E-state index is 12.7. The van der Waals surface area contributed by atoms with Gasteiger partial charge in [-0.15, -0.1) is 34.0 Å². The van der Waals surface area contributed by atoms with Gasteiger partial charge in [0, 0.05) is 20.9 Å². The molecule has 0 aromatic carbocycles. The SMILES string of the molecule is COC(=O)c1c(N)sc(C)c1-c1sc(C#N)c(-c2cccs2)c1C(=O)OC. The van der Waals surface area contributed by atoms with E-state index in [0.717, 1.165) is 21.1 Å². The van der Waals surface area contributed by atoms with Gasteiger partial charge in [0.15, 0.2) is 0 Å². The standard InChI is InChI=1S/C18H14N2O4S3/c1-8-11(14(16(20)26-8)18(22)24-3)15-13(17(21)23-2)12(10(7-19)27-15)9-5-4-6-25-9/h4-6H,20H2,1-3H3. The first-order valence-electron chi connectivity index (χ1n) is 7.61. The molecule has 3 aromatic heterocycles. The Morgan fingerprint density at radius 1 is 1.11 bits per heavy atom. The fraction of sp³-hybridized carbons (Fsp3) is 0.167. The summed E-state index contributed by atoms with van der Waals surface area (Å²) in [6.07, 6.45) is 0. The van der Waals surface area contributed by atoms with E-state index in [9.17, 15) is 14.9 Å². The van der Waals surface area contributed by atoms with Gasteiger partial charge in [-0.1, -0.05) is 6.07 Å². The molecule has 0 unspecified atom stereocenters. The molecular weight excluding hydrogens is 404 g/mol. The van der Waals surface area contributed by atoms with Crippen LogP contribution in [0.4, 0.5) is 5.00 Å². The van der Waals surface area contributed by atoms with Gasteiger partial charge in [-0.05, 0) is 18.4 Å². The molecule has 6 nitrogen and oxygen atoms in total. The third kappa shape index (κ3) is 3.12. The summed E-state index contributed by atoms with van der Waals surface area (Å²) in [7, 11) is 2.55. The molecule has 0 aliphatic rings. The van der Waals surface area contributed by atoms with Crippen LogP contribution in [-0.2, 0) is 9.47 Å². The molecule has 0 amide bonds. The number of nitriles is 1. The molecule has 9 heteroatoms. The lowest BCUT2D eigenvalue weighted by Crippen LogP contribution is -2.07. The Labute approximate surface area is 167 Å². The highest BCUT2D eigenvalue weighted by molar-refractivity contribution is 7.20. The molecule has 0 aliphatic heterocycles. The van der Waals surface area contributed by atoms with Crippen LogP contribution in [0.3, 0.4) is 0 Å². The number of nitrogen functional groups attached to an aromatic ring is 1. The summed E-state index contributed by atoms with van der Waals surface area (Å²) >= 11 is 3.79. The van der Waals surface area contributed by atoms with Crippen molar-refractivity contribution in [1.29, 1.82) is 5.26 Å². The van der Waals surface area contributed by atoms with Crippen molar-refractivity contribution in [3.8, 4) is 27.0 Å². The highest BCUT2D eigenvalue weighted by Gasteiger charge is 2.32. The van der Waals surface area contributed by atoms with Crippen LogP contribution < -0.4 is 5.73 Å². The largest absolute Gasteiger partial charge is 0.465 e. The Morgan fingerprint density at radius 3 is 2.33 bits per heavy atom. The van der Waals surface area contributed by atoms with Crippen LogP contribution in [0, 0.1) is 18.3 Å². The van der Waals surface area contributed by atoms with E-state index in [-0.39, 0.29) is 11.1 Å². The van der Waals surface area contributed by atoms with Crippen LogP contribution in [0.1, 0.15) is 30.5 Å². The van der Waals surface area contributed by atoms with Crippen molar-refractivity contribution < 1.29 is 19.1 Å². The van der Waals surface area contributed by atoms with Gasteiger partial charge in [0.25, 0.3) is 0 Å². The number of rotatable bonds is 4. The first-order valence-corrected chi connectivity index (χ1v) is 10.1. The lowest BCUT2D eigenvalue weighted by atomic mass is 10.0. The molecule has 138 valence electrons. The number of hydrogen-bond donors (Lipinski definition) is 1. The number of hydrogen-bond acceptors (Lipinski definition) is 9. The fourth-order valence-electron chi connectivity index (χ4n) is 2.78. The Balaban J connectivity index is 2.42. The molecule has 0 atom stereocenters. The predicted molar refractivity (Wildman–Crippen MR) is 107 cm³/mol. The molecule has 0 spiro atoms. The molecule has 27 heavy (non-hydrogen) atoms. The molecular formula is C18H14N2O4S3. The molecule has 3 aromatic rings. The van der Waals surface area contributed by atoms with Crippen molar-refractivity contribution >= 4 is 51.0 Å². The van der Waals surface area contributed by atoms with E-state index in [1.54, 1.807) is 6.92 Å². The zero-order chi connectivity index (χ0) is 19.7. The first kappa shape index (κ1) is 19.1. The van der Waals surface area contributed by atoms with E-state index >= 15 is 0 Å². The Bertz CT molecular complexity index is 1070. The van der Waals surface area contributed by atoms with Crippen LogP contribution in [0.5, 0.6) is 0 Å². The number of nitrogens with two attached hydrogens (primary N) is 1. The van der Waals surface area contributed by atoms with Gasteiger partial charge >= 0.3 is 11.9 Å². The van der Waals surface area contributed by atoms with Crippen LogP contribution >= 0.6 is 34.0 Å². The number of carbonyl (C=O) groups is 2. The van der Waals surface area contributed by atoms with Gasteiger partial charge in [0.2, 0.25) is 0 Å². The average molecular weight is 419 g/mol. The van der Waals surface area contributed by atoms with Gasteiger partial charge in [-0.2, -0.15) is 5.26 Å². The zero-order valence-corrected chi connectivity index (χ0v) is 17.1. The van der Waals surface area contributed by atoms with Crippen molar-refractivity contribution in [3.05, 3.63) is 38.4 Å². The fourth-order valence-corrected chi connectivity index (χ4v) is 5.83. The molecule has 0 saturated carbocycles. The zero-order valence-electron chi connectivity index (χ0n) is 14.6. The van der Waals surface area contributed by atoms with Gasteiger partial charge in [0.1, 0.15) is 21.5 Å². The molecule has 0 bridgehead atoms. The average Bonchev–Trinajstić information content (AvgIpc) is 3.36. The lowest BCUT2D eigenvalue weighted by molar-refractivity contribution is 0.0591. The molecule has 3 rings (SSSR count). The van der Waals surface area contributed by atoms with Crippen molar-refractivity contribution in [2.24, 2.45) is 0 Å². The second-order valence-corrected chi connectivity index (χ2v) is 8.58. The van der Waals surface area contributed by atoms with Crippen LogP contribution in [0.25, 0.3) is 20.9 Å². The summed E-state index contributed by atoms with van der Waals surface area (Å²) in [4.78, 5) is 27.3. The van der Waals surface area contributed by atoms with Gasteiger partial charge in [-0.3, -0.25) is 0 Å². The lowest BCUT2D eigenvalue weighted by Gasteiger charge is -2.07. The van der Waals surface area contributed by atoms with Crippen LogP contribution in [0.15, 0.2) is 17.5 Å². The minimum absolute atomic E-state index is 0.202. The third-order valence-electron chi connectivity index (χ3n) is 3.89. The van der Waals surface area contributed by atoms with Gasteiger partial charge in [0.05, 0.1) is 24.7 Å². The maximum Gasteiger partial charge on any atom is 0.341 e. The molecule has 0 radical (unpaired) electrons. The van der Waals surface area contributed by atoms with E-state index in [0.29, 0.717) is 25.9 Å². The van der Waals surface area contributed by atoms with Gasteiger partial charge < -0.3 is 15.2 Å². The normalized spacial score (nSPS) is 10.4. The summed E-state index contributed by atoms with van der Waals surface area (Å²) in [5, 5.41) is 11.8. The maximum absolute atomic E-state index is 12.7. The summed E-state index contributed by atoms with van der Waals surface area (Å²) in [5.41, 5.74) is 7.51. The molecule has 3 heterocycles.